The number of aliphatic imine (C=N–C) groups is 1. The molecule has 3 rings (SSSR count). The van der Waals surface area contributed by atoms with Gasteiger partial charge in [-0.3, -0.25) is 14.7 Å². The fraction of sp³-hybridized carbons (Fsp3) is 0.500. The van der Waals surface area contributed by atoms with Gasteiger partial charge in [0.05, 0.1) is 6.54 Å². The SMILES string of the molecule is O=C(C1CCCC1)N1CCN=C1SCc1c(F)cccc1Cl. The second-order valence-electron chi connectivity index (χ2n) is 5.62. The predicted molar refractivity (Wildman–Crippen MR) is 88.7 cm³/mol. The van der Waals surface area contributed by atoms with Crippen LogP contribution in [0.3, 0.4) is 0 Å². The normalized spacial score (nSPS) is 18.8. The number of halogens is 2. The molecule has 6 heteroatoms. The van der Waals surface area contributed by atoms with Crippen molar-refractivity contribution in [1.29, 1.82) is 0 Å². The highest BCUT2D eigenvalue weighted by Gasteiger charge is 2.31. The van der Waals surface area contributed by atoms with Gasteiger partial charge in [0.2, 0.25) is 5.91 Å². The van der Waals surface area contributed by atoms with E-state index in [1.807, 2.05) is 0 Å². The average Bonchev–Trinajstić information content (AvgIpc) is 3.18. The first-order chi connectivity index (χ1) is 10.7. The van der Waals surface area contributed by atoms with Crippen LogP contribution in [0.1, 0.15) is 31.2 Å². The molecule has 1 fully saturated rings. The summed E-state index contributed by atoms with van der Waals surface area (Å²) in [6, 6.07) is 4.67. The van der Waals surface area contributed by atoms with Crippen LogP contribution in [0, 0.1) is 11.7 Å². The van der Waals surface area contributed by atoms with Gasteiger partial charge < -0.3 is 0 Å². The largest absolute Gasteiger partial charge is 0.289 e. The maximum atomic E-state index is 13.8. The number of rotatable bonds is 3. The second kappa shape index (κ2) is 7.01. The molecule has 1 aliphatic heterocycles. The molecule has 22 heavy (non-hydrogen) atoms. The number of amidine groups is 1. The zero-order chi connectivity index (χ0) is 15.5. The van der Waals surface area contributed by atoms with Crippen LogP contribution < -0.4 is 0 Å². The third kappa shape index (κ3) is 3.30. The zero-order valence-electron chi connectivity index (χ0n) is 12.2. The standard InChI is InChI=1S/C16H18ClFN2OS/c17-13-6-3-7-14(18)12(13)10-22-16-19-8-9-20(16)15(21)11-4-1-2-5-11/h3,6-7,11H,1-2,4-5,8-10H2. The van der Waals surface area contributed by atoms with E-state index < -0.39 is 0 Å². The van der Waals surface area contributed by atoms with Crippen LogP contribution in [-0.4, -0.2) is 29.1 Å². The van der Waals surface area contributed by atoms with Gasteiger partial charge in [-0.25, -0.2) is 4.39 Å². The van der Waals surface area contributed by atoms with E-state index in [4.69, 9.17) is 11.6 Å². The molecule has 0 unspecified atom stereocenters. The number of thioether (sulfide) groups is 1. The Balaban J connectivity index is 1.65. The Hall–Kier alpha value is -1.07. The van der Waals surface area contributed by atoms with Crippen LogP contribution in [0.15, 0.2) is 23.2 Å². The van der Waals surface area contributed by atoms with Crippen LogP contribution in [0.2, 0.25) is 5.02 Å². The minimum absolute atomic E-state index is 0.140. The zero-order valence-corrected chi connectivity index (χ0v) is 13.8. The fourth-order valence-electron chi connectivity index (χ4n) is 2.95. The molecule has 1 saturated carbocycles. The van der Waals surface area contributed by atoms with Gasteiger partial charge in [0, 0.05) is 28.8 Å². The molecule has 0 saturated heterocycles. The maximum absolute atomic E-state index is 13.8. The van der Waals surface area contributed by atoms with Gasteiger partial charge in [-0.1, -0.05) is 42.3 Å². The summed E-state index contributed by atoms with van der Waals surface area (Å²) in [5, 5.41) is 1.12. The first-order valence-corrected chi connectivity index (χ1v) is 8.94. The van der Waals surface area contributed by atoms with E-state index in [2.05, 4.69) is 4.99 Å². The fourth-order valence-corrected chi connectivity index (χ4v) is 4.35. The Kier molecular flexibility index (Phi) is 5.03. The number of amides is 1. The summed E-state index contributed by atoms with van der Waals surface area (Å²) >= 11 is 7.44. The van der Waals surface area contributed by atoms with E-state index in [0.717, 1.165) is 25.7 Å². The summed E-state index contributed by atoms with van der Waals surface area (Å²) in [4.78, 5) is 18.7. The van der Waals surface area contributed by atoms with E-state index in [9.17, 15) is 9.18 Å². The summed E-state index contributed by atoms with van der Waals surface area (Å²) in [6.07, 6.45) is 4.22. The number of benzene rings is 1. The lowest BCUT2D eigenvalue weighted by atomic mass is 10.1. The second-order valence-corrected chi connectivity index (χ2v) is 6.97. The molecule has 1 aliphatic carbocycles. The Morgan fingerprint density at radius 1 is 1.41 bits per heavy atom. The molecule has 0 atom stereocenters. The first-order valence-electron chi connectivity index (χ1n) is 7.58. The molecular formula is C16H18ClFN2OS. The van der Waals surface area contributed by atoms with Crippen LogP contribution in [0.5, 0.6) is 0 Å². The first kappa shape index (κ1) is 15.8. The maximum Gasteiger partial charge on any atom is 0.231 e. The summed E-state index contributed by atoms with van der Waals surface area (Å²) < 4.78 is 13.8. The molecule has 1 aromatic rings. The lowest BCUT2D eigenvalue weighted by Crippen LogP contribution is -2.36. The summed E-state index contributed by atoms with van der Waals surface area (Å²) in [6.45, 7) is 1.27. The lowest BCUT2D eigenvalue weighted by molar-refractivity contribution is -0.130. The molecule has 2 aliphatic rings. The molecular weight excluding hydrogens is 323 g/mol. The number of hydrogen-bond acceptors (Lipinski definition) is 3. The Bertz CT molecular complexity index is 582. The number of nitrogens with zero attached hydrogens (tertiary/aromatic N) is 2. The van der Waals surface area contributed by atoms with E-state index in [1.165, 1.54) is 17.8 Å². The smallest absolute Gasteiger partial charge is 0.231 e. The molecule has 0 radical (unpaired) electrons. The molecule has 3 nitrogen and oxygen atoms in total. The lowest BCUT2D eigenvalue weighted by Gasteiger charge is -2.21. The van der Waals surface area contributed by atoms with Crippen LogP contribution in [-0.2, 0) is 10.5 Å². The Morgan fingerprint density at radius 3 is 2.91 bits per heavy atom. The van der Waals surface area contributed by atoms with Gasteiger partial charge in [0.15, 0.2) is 5.17 Å². The minimum atomic E-state index is -0.313. The van der Waals surface area contributed by atoms with Gasteiger partial charge in [-0.05, 0) is 25.0 Å². The quantitative estimate of drug-likeness (QED) is 0.829. The molecule has 0 N–H and O–H groups in total. The van der Waals surface area contributed by atoms with Gasteiger partial charge >= 0.3 is 0 Å². The van der Waals surface area contributed by atoms with Crippen molar-refractivity contribution in [3.05, 3.63) is 34.6 Å². The Morgan fingerprint density at radius 2 is 2.18 bits per heavy atom. The highest BCUT2D eigenvalue weighted by molar-refractivity contribution is 8.13. The van der Waals surface area contributed by atoms with Gasteiger partial charge in [-0.2, -0.15) is 0 Å². The van der Waals surface area contributed by atoms with E-state index in [0.29, 0.717) is 34.6 Å². The summed E-state index contributed by atoms with van der Waals surface area (Å²) in [7, 11) is 0. The van der Waals surface area contributed by atoms with Crippen molar-refractivity contribution >= 4 is 34.4 Å². The highest BCUT2D eigenvalue weighted by Crippen LogP contribution is 2.30. The van der Waals surface area contributed by atoms with Crippen molar-refractivity contribution in [2.45, 2.75) is 31.4 Å². The minimum Gasteiger partial charge on any atom is -0.289 e. The van der Waals surface area contributed by atoms with Crippen LogP contribution in [0.25, 0.3) is 0 Å². The Labute approximate surface area is 138 Å². The van der Waals surface area contributed by atoms with Gasteiger partial charge in [0.25, 0.3) is 0 Å². The van der Waals surface area contributed by atoms with Crippen LogP contribution >= 0.6 is 23.4 Å². The van der Waals surface area contributed by atoms with Crippen molar-refractivity contribution < 1.29 is 9.18 Å². The highest BCUT2D eigenvalue weighted by atomic mass is 35.5. The summed E-state index contributed by atoms with van der Waals surface area (Å²) in [5.41, 5.74) is 0.469. The molecule has 1 aromatic carbocycles. The van der Waals surface area contributed by atoms with E-state index in [-0.39, 0.29) is 17.6 Å². The molecule has 0 bridgehead atoms. The average molecular weight is 341 g/mol. The van der Waals surface area contributed by atoms with E-state index in [1.54, 1.807) is 17.0 Å². The van der Waals surface area contributed by atoms with Gasteiger partial charge in [-0.15, -0.1) is 0 Å². The molecule has 118 valence electrons. The van der Waals surface area contributed by atoms with Crippen molar-refractivity contribution in [3.63, 3.8) is 0 Å². The topological polar surface area (TPSA) is 32.7 Å². The number of carbonyl (C=O) groups excluding carboxylic acids is 1. The summed E-state index contributed by atoms with van der Waals surface area (Å²) in [5.74, 6) is 0.396. The van der Waals surface area contributed by atoms with Gasteiger partial charge in [0.1, 0.15) is 5.82 Å². The van der Waals surface area contributed by atoms with Crippen molar-refractivity contribution in [1.82, 2.24) is 4.90 Å². The third-order valence-electron chi connectivity index (χ3n) is 4.18. The third-order valence-corrected chi connectivity index (χ3v) is 5.57. The van der Waals surface area contributed by atoms with Crippen molar-refractivity contribution in [2.24, 2.45) is 10.9 Å². The monoisotopic (exact) mass is 340 g/mol. The molecule has 0 spiro atoms. The number of hydrogen-bond donors (Lipinski definition) is 0. The molecule has 1 amide bonds. The molecule has 1 heterocycles. The number of carbonyl (C=O) groups is 1. The van der Waals surface area contributed by atoms with Crippen molar-refractivity contribution in [2.75, 3.05) is 13.1 Å². The van der Waals surface area contributed by atoms with Crippen LogP contribution in [0.4, 0.5) is 4.39 Å². The van der Waals surface area contributed by atoms with E-state index >= 15 is 0 Å². The predicted octanol–water partition coefficient (Wildman–Crippen LogP) is 4.10. The van der Waals surface area contributed by atoms with Crippen molar-refractivity contribution in [3.8, 4) is 0 Å². The molecule has 0 aromatic heterocycles.